The Kier molecular flexibility index (Phi) is 2.50. The van der Waals surface area contributed by atoms with Crippen LogP contribution in [0.15, 0.2) is 16.6 Å². The zero-order valence-electron chi connectivity index (χ0n) is 7.52. The van der Waals surface area contributed by atoms with E-state index >= 15 is 0 Å². The second kappa shape index (κ2) is 3.45. The molecule has 0 saturated carbocycles. The maximum Gasteiger partial charge on any atom is 0.443 e. The molecular formula is C9H5BrF3NS. The SMILES string of the molecule is Cc1cc(Br)c2nc(C(F)(F)F)sc2c1. The molecule has 0 fully saturated rings. The number of benzene rings is 1. The maximum atomic E-state index is 12.4. The summed E-state index contributed by atoms with van der Waals surface area (Å²) >= 11 is 3.87. The van der Waals surface area contributed by atoms with E-state index in [0.29, 0.717) is 26.0 Å². The molecule has 1 heterocycles. The van der Waals surface area contributed by atoms with E-state index in [9.17, 15) is 13.2 Å². The summed E-state index contributed by atoms with van der Waals surface area (Å²) in [6.07, 6.45) is -4.36. The highest BCUT2D eigenvalue weighted by atomic mass is 79.9. The molecule has 0 aliphatic heterocycles. The van der Waals surface area contributed by atoms with Crippen LogP contribution in [-0.4, -0.2) is 4.98 Å². The molecular weight excluding hydrogens is 291 g/mol. The molecule has 2 aromatic rings. The van der Waals surface area contributed by atoms with Gasteiger partial charge in [-0.25, -0.2) is 4.98 Å². The lowest BCUT2D eigenvalue weighted by Crippen LogP contribution is -2.03. The van der Waals surface area contributed by atoms with Crippen LogP contribution >= 0.6 is 27.3 Å². The first-order valence-corrected chi connectivity index (χ1v) is 5.63. The zero-order valence-corrected chi connectivity index (χ0v) is 9.92. The first-order chi connectivity index (χ1) is 6.88. The second-order valence-corrected chi connectivity index (χ2v) is 5.00. The van der Waals surface area contributed by atoms with E-state index < -0.39 is 11.2 Å². The molecule has 0 aliphatic rings. The summed E-state index contributed by atoms with van der Waals surface area (Å²) in [4.78, 5) is 3.57. The van der Waals surface area contributed by atoms with Gasteiger partial charge >= 0.3 is 6.18 Å². The van der Waals surface area contributed by atoms with Crippen molar-refractivity contribution in [3.05, 3.63) is 27.2 Å². The van der Waals surface area contributed by atoms with Crippen molar-refractivity contribution in [1.29, 1.82) is 0 Å². The van der Waals surface area contributed by atoms with Gasteiger partial charge in [-0.05, 0) is 40.5 Å². The lowest BCUT2D eigenvalue weighted by Gasteiger charge is -1.98. The van der Waals surface area contributed by atoms with Gasteiger partial charge in [0.15, 0.2) is 5.01 Å². The van der Waals surface area contributed by atoms with Gasteiger partial charge in [0, 0.05) is 4.47 Å². The Morgan fingerprint density at radius 3 is 2.60 bits per heavy atom. The van der Waals surface area contributed by atoms with Crippen molar-refractivity contribution < 1.29 is 13.2 Å². The number of aryl methyl sites for hydroxylation is 1. The van der Waals surface area contributed by atoms with Crippen LogP contribution in [0, 0.1) is 6.92 Å². The number of hydrogen-bond donors (Lipinski definition) is 0. The zero-order chi connectivity index (χ0) is 11.2. The fraction of sp³-hybridized carbons (Fsp3) is 0.222. The van der Waals surface area contributed by atoms with Crippen LogP contribution in [0.25, 0.3) is 10.2 Å². The van der Waals surface area contributed by atoms with E-state index in [4.69, 9.17) is 0 Å². The highest BCUT2D eigenvalue weighted by Crippen LogP contribution is 2.37. The van der Waals surface area contributed by atoms with E-state index in [1.165, 1.54) is 0 Å². The van der Waals surface area contributed by atoms with Gasteiger partial charge in [0.05, 0.1) is 10.2 Å². The molecule has 80 valence electrons. The van der Waals surface area contributed by atoms with Crippen LogP contribution < -0.4 is 0 Å². The fourth-order valence-electron chi connectivity index (χ4n) is 1.24. The van der Waals surface area contributed by atoms with Gasteiger partial charge in [0.1, 0.15) is 0 Å². The van der Waals surface area contributed by atoms with Crippen LogP contribution in [0.1, 0.15) is 10.6 Å². The Hall–Kier alpha value is -0.620. The Balaban J connectivity index is 2.71. The van der Waals surface area contributed by atoms with E-state index in [1.54, 1.807) is 12.1 Å². The third-order valence-corrected chi connectivity index (χ3v) is 3.49. The van der Waals surface area contributed by atoms with Gasteiger partial charge in [-0.1, -0.05) is 0 Å². The van der Waals surface area contributed by atoms with E-state index in [1.807, 2.05) is 6.92 Å². The summed E-state index contributed by atoms with van der Waals surface area (Å²) in [5.74, 6) is 0. The van der Waals surface area contributed by atoms with Crippen LogP contribution in [-0.2, 0) is 6.18 Å². The molecule has 1 aromatic carbocycles. The van der Waals surface area contributed by atoms with Gasteiger partial charge in [0.25, 0.3) is 0 Å². The molecule has 0 radical (unpaired) electrons. The topological polar surface area (TPSA) is 12.9 Å². The summed E-state index contributed by atoms with van der Waals surface area (Å²) < 4.78 is 38.3. The van der Waals surface area contributed by atoms with Crippen LogP contribution in [0.5, 0.6) is 0 Å². The minimum absolute atomic E-state index is 0.373. The van der Waals surface area contributed by atoms with Crippen molar-refractivity contribution in [1.82, 2.24) is 4.98 Å². The average Bonchev–Trinajstić information content (AvgIpc) is 2.46. The van der Waals surface area contributed by atoms with Crippen LogP contribution in [0.3, 0.4) is 0 Å². The van der Waals surface area contributed by atoms with E-state index in [-0.39, 0.29) is 0 Å². The number of rotatable bonds is 0. The average molecular weight is 296 g/mol. The molecule has 0 amide bonds. The number of nitrogens with zero attached hydrogens (tertiary/aromatic N) is 1. The van der Waals surface area contributed by atoms with Gasteiger partial charge < -0.3 is 0 Å². The molecule has 0 bridgehead atoms. The predicted molar refractivity (Wildman–Crippen MR) is 57.1 cm³/mol. The molecule has 0 saturated heterocycles. The van der Waals surface area contributed by atoms with Crippen molar-refractivity contribution >= 4 is 37.5 Å². The van der Waals surface area contributed by atoms with E-state index in [0.717, 1.165) is 5.56 Å². The lowest BCUT2D eigenvalue weighted by molar-refractivity contribution is -0.137. The fourth-order valence-corrected chi connectivity index (χ4v) is 2.99. The minimum Gasteiger partial charge on any atom is -0.231 e. The van der Waals surface area contributed by atoms with Gasteiger partial charge in [-0.15, -0.1) is 11.3 Å². The summed E-state index contributed by atoms with van der Waals surface area (Å²) in [7, 11) is 0. The van der Waals surface area contributed by atoms with Gasteiger partial charge in [0.2, 0.25) is 0 Å². The highest BCUT2D eigenvalue weighted by Gasteiger charge is 2.35. The number of aromatic nitrogens is 1. The highest BCUT2D eigenvalue weighted by molar-refractivity contribution is 9.10. The van der Waals surface area contributed by atoms with Crippen LogP contribution in [0.2, 0.25) is 0 Å². The largest absolute Gasteiger partial charge is 0.443 e. The molecule has 6 heteroatoms. The summed E-state index contributed by atoms with van der Waals surface area (Å²) in [5, 5.41) is -0.802. The quantitative estimate of drug-likeness (QED) is 0.702. The number of alkyl halides is 3. The van der Waals surface area contributed by atoms with Crippen molar-refractivity contribution in [3.63, 3.8) is 0 Å². The molecule has 0 atom stereocenters. The predicted octanol–water partition coefficient (Wildman–Crippen LogP) is 4.39. The molecule has 2 rings (SSSR count). The first-order valence-electron chi connectivity index (χ1n) is 4.02. The van der Waals surface area contributed by atoms with Crippen molar-refractivity contribution in [2.45, 2.75) is 13.1 Å². The third kappa shape index (κ3) is 2.01. The Labute approximate surface area is 96.1 Å². The molecule has 1 aromatic heterocycles. The molecule has 1 nitrogen and oxygen atoms in total. The Bertz CT molecular complexity index is 518. The molecule has 0 unspecified atom stereocenters. The Morgan fingerprint density at radius 2 is 2.00 bits per heavy atom. The lowest BCUT2D eigenvalue weighted by atomic mass is 10.2. The van der Waals surface area contributed by atoms with Crippen molar-refractivity contribution in [2.24, 2.45) is 0 Å². The molecule has 0 N–H and O–H groups in total. The van der Waals surface area contributed by atoms with Crippen molar-refractivity contribution in [2.75, 3.05) is 0 Å². The van der Waals surface area contributed by atoms with Crippen LogP contribution in [0.4, 0.5) is 13.2 Å². The normalized spacial score (nSPS) is 12.3. The monoisotopic (exact) mass is 295 g/mol. The van der Waals surface area contributed by atoms with Crippen molar-refractivity contribution in [3.8, 4) is 0 Å². The second-order valence-electron chi connectivity index (χ2n) is 3.11. The minimum atomic E-state index is -4.36. The first kappa shape index (κ1) is 10.9. The summed E-state index contributed by atoms with van der Waals surface area (Å²) in [6.45, 7) is 1.83. The Morgan fingerprint density at radius 1 is 1.33 bits per heavy atom. The number of hydrogen-bond acceptors (Lipinski definition) is 2. The van der Waals surface area contributed by atoms with Gasteiger partial charge in [-0.2, -0.15) is 13.2 Å². The van der Waals surface area contributed by atoms with E-state index in [2.05, 4.69) is 20.9 Å². The molecule has 0 aliphatic carbocycles. The molecule has 0 spiro atoms. The number of thiazole rings is 1. The van der Waals surface area contributed by atoms with Gasteiger partial charge in [-0.3, -0.25) is 0 Å². The number of fused-ring (bicyclic) bond motifs is 1. The standard InChI is InChI=1S/C9H5BrF3NS/c1-4-2-5(10)7-6(3-4)15-8(14-7)9(11,12)13/h2-3H,1H3. The number of halogens is 4. The smallest absolute Gasteiger partial charge is 0.231 e. The molecule has 15 heavy (non-hydrogen) atoms. The maximum absolute atomic E-state index is 12.4. The summed E-state index contributed by atoms with van der Waals surface area (Å²) in [6, 6.07) is 3.45. The summed E-state index contributed by atoms with van der Waals surface area (Å²) in [5.41, 5.74) is 1.28. The third-order valence-electron chi connectivity index (χ3n) is 1.84.